The molecule has 19 heavy (non-hydrogen) atoms. The van der Waals surface area contributed by atoms with Gasteiger partial charge < -0.3 is 9.97 Å². The number of rotatable bonds is 2. The van der Waals surface area contributed by atoms with E-state index in [-0.39, 0.29) is 11.1 Å². The van der Waals surface area contributed by atoms with E-state index >= 15 is 0 Å². The third kappa shape index (κ3) is 2.36. The zero-order valence-electron chi connectivity index (χ0n) is 10.7. The monoisotopic (exact) mass is 342 g/mol. The molecule has 1 aromatic carbocycles. The number of aromatic nitrogens is 2. The summed E-state index contributed by atoms with van der Waals surface area (Å²) in [5, 5.41) is -0.00493. The third-order valence-electron chi connectivity index (χ3n) is 4.23. The Hall–Kier alpha value is -0.740. The molecule has 0 aliphatic heterocycles. The second-order valence-electron chi connectivity index (χ2n) is 5.47. The molecular weight excluding hydrogens is 328 g/mol. The van der Waals surface area contributed by atoms with Gasteiger partial charge in [-0.15, -0.1) is 11.6 Å². The first-order valence-corrected chi connectivity index (χ1v) is 7.84. The second kappa shape index (κ2) is 4.98. The van der Waals surface area contributed by atoms with Crippen LogP contribution < -0.4 is 5.69 Å². The summed E-state index contributed by atoms with van der Waals surface area (Å²) in [5.41, 5.74) is 2.52. The van der Waals surface area contributed by atoms with Gasteiger partial charge in [-0.05, 0) is 36.0 Å². The van der Waals surface area contributed by atoms with Gasteiger partial charge in [0.25, 0.3) is 0 Å². The van der Waals surface area contributed by atoms with Crippen molar-refractivity contribution in [3.05, 3.63) is 32.7 Å². The van der Waals surface area contributed by atoms with Gasteiger partial charge in [-0.1, -0.05) is 35.7 Å². The SMILES string of the molecule is CC1CCCC1C(Cl)c1cc2[nH]c(=O)[nH]c2cc1Br. The molecule has 1 saturated carbocycles. The van der Waals surface area contributed by atoms with Crippen LogP contribution in [0.25, 0.3) is 11.0 Å². The Kier molecular flexibility index (Phi) is 3.48. The minimum atomic E-state index is -0.181. The second-order valence-corrected chi connectivity index (χ2v) is 6.80. The summed E-state index contributed by atoms with van der Waals surface area (Å²) in [7, 11) is 0. The number of H-pyrrole nitrogens is 2. The van der Waals surface area contributed by atoms with Gasteiger partial charge in [-0.2, -0.15) is 0 Å². The molecule has 3 rings (SSSR count). The van der Waals surface area contributed by atoms with E-state index < -0.39 is 0 Å². The van der Waals surface area contributed by atoms with Crippen LogP contribution in [0.3, 0.4) is 0 Å². The molecule has 5 heteroatoms. The fourth-order valence-electron chi connectivity index (χ4n) is 3.12. The van der Waals surface area contributed by atoms with Gasteiger partial charge in [-0.3, -0.25) is 0 Å². The Labute approximate surface area is 124 Å². The van der Waals surface area contributed by atoms with Crippen molar-refractivity contribution >= 4 is 38.6 Å². The number of benzene rings is 1. The number of halogens is 2. The molecule has 1 heterocycles. The maximum atomic E-state index is 11.3. The molecule has 3 nitrogen and oxygen atoms in total. The van der Waals surface area contributed by atoms with Crippen LogP contribution in [0.4, 0.5) is 0 Å². The van der Waals surface area contributed by atoms with Gasteiger partial charge >= 0.3 is 5.69 Å². The number of imidazole rings is 1. The summed E-state index contributed by atoms with van der Waals surface area (Å²) in [4.78, 5) is 16.9. The molecule has 1 fully saturated rings. The van der Waals surface area contributed by atoms with Crippen molar-refractivity contribution < 1.29 is 0 Å². The van der Waals surface area contributed by atoms with E-state index in [1.165, 1.54) is 19.3 Å². The normalized spacial score (nSPS) is 25.0. The number of fused-ring (bicyclic) bond motifs is 1. The summed E-state index contributed by atoms with van der Waals surface area (Å²) in [5.74, 6) is 1.18. The summed E-state index contributed by atoms with van der Waals surface area (Å²) >= 11 is 10.3. The molecule has 0 radical (unpaired) electrons. The number of nitrogens with one attached hydrogen (secondary N) is 2. The molecule has 1 aromatic heterocycles. The Morgan fingerprint density at radius 2 is 2.00 bits per heavy atom. The summed E-state index contributed by atoms with van der Waals surface area (Å²) < 4.78 is 0.967. The average molecular weight is 344 g/mol. The Bertz CT molecular complexity index is 663. The number of hydrogen-bond donors (Lipinski definition) is 2. The van der Waals surface area contributed by atoms with E-state index in [2.05, 4.69) is 32.8 Å². The zero-order chi connectivity index (χ0) is 13.6. The first kappa shape index (κ1) is 13.3. The lowest BCUT2D eigenvalue weighted by atomic mass is 9.90. The van der Waals surface area contributed by atoms with Crippen LogP contribution in [0.2, 0.25) is 0 Å². The van der Waals surface area contributed by atoms with Crippen LogP contribution in [-0.2, 0) is 0 Å². The van der Waals surface area contributed by atoms with Gasteiger partial charge in [0, 0.05) is 4.47 Å². The lowest BCUT2D eigenvalue weighted by Crippen LogP contribution is -2.11. The van der Waals surface area contributed by atoms with Crippen molar-refractivity contribution in [2.75, 3.05) is 0 Å². The predicted octanol–water partition coefficient (Wildman–Crippen LogP) is 4.33. The van der Waals surface area contributed by atoms with Crippen molar-refractivity contribution in [1.82, 2.24) is 9.97 Å². The van der Waals surface area contributed by atoms with Crippen LogP contribution in [0.1, 0.15) is 37.1 Å². The van der Waals surface area contributed by atoms with Crippen LogP contribution >= 0.6 is 27.5 Å². The minimum Gasteiger partial charge on any atom is -0.306 e. The van der Waals surface area contributed by atoms with Gasteiger partial charge in [0.05, 0.1) is 16.4 Å². The topological polar surface area (TPSA) is 48.6 Å². The first-order valence-electron chi connectivity index (χ1n) is 6.62. The van der Waals surface area contributed by atoms with E-state index in [0.717, 1.165) is 21.1 Å². The molecule has 1 aliphatic rings. The Balaban J connectivity index is 2.03. The third-order valence-corrected chi connectivity index (χ3v) is 5.48. The maximum absolute atomic E-state index is 11.3. The molecule has 2 N–H and O–H groups in total. The molecule has 0 saturated heterocycles. The molecule has 3 unspecified atom stereocenters. The molecule has 0 amide bonds. The van der Waals surface area contributed by atoms with Crippen LogP contribution in [0.15, 0.2) is 21.4 Å². The quantitative estimate of drug-likeness (QED) is 0.783. The lowest BCUT2D eigenvalue weighted by Gasteiger charge is -2.22. The minimum absolute atomic E-state index is 0.00493. The molecule has 0 spiro atoms. The molecule has 1 aliphatic carbocycles. The smallest absolute Gasteiger partial charge is 0.306 e. The summed E-state index contributed by atoms with van der Waals surface area (Å²) in [6.07, 6.45) is 3.70. The first-order chi connectivity index (χ1) is 9.06. The standard InChI is InChI=1S/C14H16BrClN2O/c1-7-3-2-4-8(7)13(16)9-5-11-12(6-10(9)15)18-14(19)17-11/h5-8,13H,2-4H2,1H3,(H2,17,18,19). The summed E-state index contributed by atoms with van der Waals surface area (Å²) in [6.45, 7) is 2.28. The maximum Gasteiger partial charge on any atom is 0.323 e. The van der Waals surface area contributed by atoms with Gasteiger partial charge in [0.2, 0.25) is 0 Å². The fourth-order valence-corrected chi connectivity index (χ4v) is 4.40. The van der Waals surface area contributed by atoms with Gasteiger partial charge in [-0.25, -0.2) is 4.79 Å². The van der Waals surface area contributed by atoms with Crippen LogP contribution in [0, 0.1) is 11.8 Å². The fraction of sp³-hybridized carbons (Fsp3) is 0.500. The zero-order valence-corrected chi connectivity index (χ0v) is 13.0. The van der Waals surface area contributed by atoms with Crippen molar-refractivity contribution in [2.24, 2.45) is 11.8 Å². The van der Waals surface area contributed by atoms with Gasteiger partial charge in [0.15, 0.2) is 0 Å². The van der Waals surface area contributed by atoms with E-state index in [1.54, 1.807) is 0 Å². The van der Waals surface area contributed by atoms with Gasteiger partial charge in [0.1, 0.15) is 0 Å². The highest BCUT2D eigenvalue weighted by Crippen LogP contribution is 2.45. The number of aromatic amines is 2. The van der Waals surface area contributed by atoms with E-state index in [0.29, 0.717) is 11.8 Å². The Morgan fingerprint density at radius 3 is 2.63 bits per heavy atom. The molecule has 2 aromatic rings. The highest BCUT2D eigenvalue weighted by molar-refractivity contribution is 9.10. The predicted molar refractivity (Wildman–Crippen MR) is 81.7 cm³/mol. The Morgan fingerprint density at radius 1 is 1.32 bits per heavy atom. The van der Waals surface area contributed by atoms with Crippen LogP contribution in [-0.4, -0.2) is 9.97 Å². The van der Waals surface area contributed by atoms with E-state index in [1.807, 2.05) is 12.1 Å². The highest BCUT2D eigenvalue weighted by Gasteiger charge is 2.31. The number of hydrogen-bond acceptors (Lipinski definition) is 1. The number of alkyl halides is 1. The molecule has 0 bridgehead atoms. The lowest BCUT2D eigenvalue weighted by molar-refractivity contribution is 0.405. The summed E-state index contributed by atoms with van der Waals surface area (Å²) in [6, 6.07) is 3.91. The van der Waals surface area contributed by atoms with Crippen molar-refractivity contribution in [3.8, 4) is 0 Å². The van der Waals surface area contributed by atoms with E-state index in [4.69, 9.17) is 11.6 Å². The average Bonchev–Trinajstić information content (AvgIpc) is 2.92. The van der Waals surface area contributed by atoms with Crippen molar-refractivity contribution in [3.63, 3.8) is 0 Å². The highest BCUT2D eigenvalue weighted by atomic mass is 79.9. The van der Waals surface area contributed by atoms with Crippen molar-refractivity contribution in [1.29, 1.82) is 0 Å². The molecular formula is C14H16BrClN2O. The molecule has 3 atom stereocenters. The largest absolute Gasteiger partial charge is 0.323 e. The molecule has 102 valence electrons. The van der Waals surface area contributed by atoms with E-state index in [9.17, 15) is 4.79 Å². The van der Waals surface area contributed by atoms with Crippen LogP contribution in [0.5, 0.6) is 0 Å². The van der Waals surface area contributed by atoms with Crippen molar-refractivity contribution in [2.45, 2.75) is 31.6 Å².